The summed E-state index contributed by atoms with van der Waals surface area (Å²) >= 11 is 0. The molecule has 0 saturated carbocycles. The molecule has 4 heterocycles. The third kappa shape index (κ3) is 8.36. The van der Waals surface area contributed by atoms with E-state index in [1.807, 2.05) is 215 Å². The Morgan fingerprint density at radius 3 is 1.16 bits per heavy atom. The summed E-state index contributed by atoms with van der Waals surface area (Å²) in [5.74, 6) is 2.82. The second-order valence-electron chi connectivity index (χ2n) is 19.6. The van der Waals surface area contributed by atoms with Crippen LogP contribution in [0.4, 0.5) is 13.2 Å². The molecule has 0 amide bonds. The fraction of sp³-hybridized carbons (Fsp3) is 0.0145. The lowest BCUT2D eigenvalue weighted by Crippen LogP contribution is -2.11. The number of alkyl halides is 3. The molecule has 13 heteroatoms. The molecule has 0 aliphatic carbocycles. The lowest BCUT2D eigenvalue weighted by molar-refractivity contribution is -0.137. The van der Waals surface area contributed by atoms with Gasteiger partial charge in [0, 0.05) is 66.1 Å². The van der Waals surface area contributed by atoms with Gasteiger partial charge in [-0.2, -0.15) is 23.7 Å². The smallest absolute Gasteiger partial charge is 0.308 e. The number of aromatic nitrogens is 8. The highest BCUT2D eigenvalue weighted by Crippen LogP contribution is 2.47. The molecule has 14 aromatic rings. The minimum Gasteiger partial charge on any atom is -0.308 e. The maximum absolute atomic E-state index is 15.5. The van der Waals surface area contributed by atoms with Crippen LogP contribution in [0.25, 0.3) is 134 Å². The Morgan fingerprint density at radius 2 is 0.732 bits per heavy atom. The topological polar surface area (TPSA) is 135 Å². The zero-order chi connectivity index (χ0) is 55.5. The van der Waals surface area contributed by atoms with Gasteiger partial charge in [-0.25, -0.2) is 29.9 Å². The molecule has 0 fully saturated rings. The number of nitrogens with zero attached hydrogens (tertiary/aromatic N) is 10. The predicted octanol–water partition coefficient (Wildman–Crippen LogP) is 16.7. The van der Waals surface area contributed by atoms with Crippen LogP contribution in [-0.2, 0) is 6.18 Å². The fourth-order valence-electron chi connectivity index (χ4n) is 11.1. The summed E-state index contributed by atoms with van der Waals surface area (Å²) in [7, 11) is 0. The maximum Gasteiger partial charge on any atom is 0.417 e. The van der Waals surface area contributed by atoms with Crippen molar-refractivity contribution in [2.75, 3.05) is 0 Å². The first kappa shape index (κ1) is 48.9. The van der Waals surface area contributed by atoms with Gasteiger partial charge < -0.3 is 9.13 Å². The minimum atomic E-state index is -4.88. The first-order chi connectivity index (χ1) is 40.2. The average Bonchev–Trinajstić information content (AvgIpc) is 2.49. The van der Waals surface area contributed by atoms with E-state index in [1.54, 1.807) is 12.1 Å². The van der Waals surface area contributed by atoms with Crippen molar-refractivity contribution in [1.29, 1.82) is 10.5 Å². The van der Waals surface area contributed by atoms with Crippen LogP contribution < -0.4 is 0 Å². The molecule has 10 aromatic carbocycles. The van der Waals surface area contributed by atoms with Crippen LogP contribution in [0.1, 0.15) is 16.7 Å². The summed E-state index contributed by atoms with van der Waals surface area (Å²) in [4.78, 5) is 29.8. The Kier molecular flexibility index (Phi) is 11.8. The molecule has 82 heavy (non-hydrogen) atoms. The van der Waals surface area contributed by atoms with E-state index in [4.69, 9.17) is 29.9 Å². The van der Waals surface area contributed by atoms with Crippen LogP contribution in [0.15, 0.2) is 237 Å². The first-order valence-corrected chi connectivity index (χ1v) is 26.2. The van der Waals surface area contributed by atoms with Crippen molar-refractivity contribution in [2.24, 2.45) is 0 Å². The predicted molar refractivity (Wildman–Crippen MR) is 314 cm³/mol. The molecule has 4 aromatic heterocycles. The van der Waals surface area contributed by atoms with Crippen LogP contribution in [0.5, 0.6) is 0 Å². The van der Waals surface area contributed by atoms with Crippen molar-refractivity contribution in [3.63, 3.8) is 0 Å². The summed E-state index contributed by atoms with van der Waals surface area (Å²) in [5.41, 5.74) is 6.33. The van der Waals surface area contributed by atoms with Crippen molar-refractivity contribution in [1.82, 2.24) is 39.0 Å². The highest BCUT2D eigenvalue weighted by molar-refractivity contribution is 6.13. The van der Waals surface area contributed by atoms with Gasteiger partial charge in [0.2, 0.25) is 0 Å². The molecular formula is C69H39F3N10. The van der Waals surface area contributed by atoms with E-state index in [2.05, 4.69) is 12.1 Å². The van der Waals surface area contributed by atoms with Gasteiger partial charge in [-0.3, -0.25) is 0 Å². The molecule has 0 atom stereocenters. The molecular weight excluding hydrogens is 1030 g/mol. The second-order valence-corrected chi connectivity index (χ2v) is 19.6. The summed E-state index contributed by atoms with van der Waals surface area (Å²) in [6.45, 7) is 0. The second kappa shape index (κ2) is 19.8. The van der Waals surface area contributed by atoms with E-state index in [9.17, 15) is 10.5 Å². The number of fused-ring (bicyclic) bond motifs is 6. The number of nitriles is 2. The monoisotopic (exact) mass is 1060 g/mol. The number of para-hydroxylation sites is 2. The van der Waals surface area contributed by atoms with Gasteiger partial charge in [-0.1, -0.05) is 170 Å². The molecule has 0 spiro atoms. The van der Waals surface area contributed by atoms with Gasteiger partial charge >= 0.3 is 6.18 Å². The number of rotatable bonds is 9. The van der Waals surface area contributed by atoms with Crippen molar-refractivity contribution in [3.05, 3.63) is 253 Å². The van der Waals surface area contributed by atoms with Crippen LogP contribution in [-0.4, -0.2) is 39.0 Å². The molecule has 10 nitrogen and oxygen atoms in total. The highest BCUT2D eigenvalue weighted by Gasteiger charge is 2.37. The molecule has 0 saturated heterocycles. The fourth-order valence-corrected chi connectivity index (χ4v) is 11.1. The van der Waals surface area contributed by atoms with E-state index >= 15 is 13.2 Å². The molecule has 386 valence electrons. The highest BCUT2D eigenvalue weighted by atomic mass is 19.4. The minimum absolute atomic E-state index is 0.0373. The van der Waals surface area contributed by atoms with E-state index in [-0.39, 0.29) is 27.9 Å². The largest absolute Gasteiger partial charge is 0.417 e. The third-order valence-corrected chi connectivity index (χ3v) is 14.8. The Bertz CT molecular complexity index is 4810. The van der Waals surface area contributed by atoms with Gasteiger partial charge in [0.15, 0.2) is 34.9 Å². The first-order valence-electron chi connectivity index (χ1n) is 26.2. The van der Waals surface area contributed by atoms with Crippen LogP contribution in [0.3, 0.4) is 0 Å². The van der Waals surface area contributed by atoms with Gasteiger partial charge in [0.25, 0.3) is 0 Å². The zero-order valence-corrected chi connectivity index (χ0v) is 43.1. The molecule has 0 aliphatic heterocycles. The van der Waals surface area contributed by atoms with Crippen LogP contribution >= 0.6 is 0 Å². The van der Waals surface area contributed by atoms with Crippen molar-refractivity contribution in [3.8, 4) is 103 Å². The number of hydrogen-bond acceptors (Lipinski definition) is 8. The molecule has 0 bridgehead atoms. The van der Waals surface area contributed by atoms with E-state index in [1.165, 1.54) is 12.1 Å². The standard InChI is InChI=1S/C69H39F3N10/c70-69(71,72)55-29-17-26-48(40-73)61(55)51-34-37-60(81-56-30-15-13-27-49(56)52-38-46(32-35-58(52)81)67-77-63(42-18-5-1-6-19-42)75-64(78-67)43-20-7-2-8-21-43)54(41-74)62(51)82-57-31-16-14-28-50(57)53-39-47(33-36-59(53)82)68-79-65(44-22-9-3-10-23-44)76-66(80-68)45-24-11-4-12-25-45/h1-39H. The molecule has 0 radical (unpaired) electrons. The molecule has 0 unspecified atom stereocenters. The van der Waals surface area contributed by atoms with E-state index in [0.717, 1.165) is 55.4 Å². The van der Waals surface area contributed by atoms with Crippen molar-refractivity contribution >= 4 is 43.6 Å². The molecule has 0 aliphatic rings. The van der Waals surface area contributed by atoms with Gasteiger partial charge in [-0.05, 0) is 66.7 Å². The lowest BCUT2D eigenvalue weighted by Gasteiger charge is -2.22. The summed E-state index contributed by atoms with van der Waals surface area (Å²) in [6, 6.07) is 77.2. The Labute approximate surface area is 466 Å². The summed E-state index contributed by atoms with van der Waals surface area (Å²) < 4.78 is 50.3. The number of benzene rings is 10. The SMILES string of the molecule is N#Cc1cccc(C(F)(F)F)c1-c1ccc(-n2c3ccccc3c3cc(-c4nc(-c5ccccc5)nc(-c5ccccc5)n4)ccc32)c(C#N)c1-n1c2ccccc2c2cc(-c3nc(-c4ccccc4)nc(-c4ccccc4)n3)ccc21. The summed E-state index contributed by atoms with van der Waals surface area (Å²) in [6.07, 6.45) is -4.88. The zero-order valence-electron chi connectivity index (χ0n) is 43.1. The third-order valence-electron chi connectivity index (χ3n) is 14.8. The maximum atomic E-state index is 15.5. The Hall–Kier alpha value is -11.4. The van der Waals surface area contributed by atoms with Crippen molar-refractivity contribution in [2.45, 2.75) is 6.18 Å². The summed E-state index contributed by atoms with van der Waals surface area (Å²) in [5, 5.41) is 25.6. The quantitative estimate of drug-likeness (QED) is 0.139. The number of halogens is 3. The lowest BCUT2D eigenvalue weighted by atomic mass is 9.90. The van der Waals surface area contributed by atoms with Crippen LogP contribution in [0, 0.1) is 22.7 Å². The molecule has 14 rings (SSSR count). The molecule has 0 N–H and O–H groups in total. The number of hydrogen-bond donors (Lipinski definition) is 0. The van der Waals surface area contributed by atoms with E-state index < -0.39 is 11.7 Å². The van der Waals surface area contributed by atoms with Gasteiger partial charge in [0.05, 0.1) is 50.6 Å². The van der Waals surface area contributed by atoms with E-state index in [0.29, 0.717) is 68.3 Å². The van der Waals surface area contributed by atoms with Gasteiger partial charge in [0.1, 0.15) is 11.6 Å². The van der Waals surface area contributed by atoms with Gasteiger partial charge in [-0.15, -0.1) is 0 Å². The van der Waals surface area contributed by atoms with Crippen LogP contribution in [0.2, 0.25) is 0 Å². The van der Waals surface area contributed by atoms with Crippen molar-refractivity contribution < 1.29 is 13.2 Å². The Balaban J connectivity index is 1.02. The normalized spacial score (nSPS) is 11.6. The Morgan fingerprint density at radius 1 is 0.341 bits per heavy atom. The average molecular weight is 1070 g/mol.